The Morgan fingerprint density at radius 2 is 2.06 bits per heavy atom. The van der Waals surface area contributed by atoms with Crippen LogP contribution in [0.2, 0.25) is 5.02 Å². The highest BCUT2D eigenvalue weighted by molar-refractivity contribution is 7.16. The standard InChI is InChI=1S/C22H21ClN6OS/c1-12(27-20-19-22(25-10-24-20)31-11-26-19)16-9-13-5-4-8-15(23)17(13)18(29-16)21(30)28-14-6-2-3-7-14/h4-5,8-12,14H,2-3,6-7H2,1H3,(H,28,30)(H,24,25,27). The van der Waals surface area contributed by atoms with Crippen molar-refractivity contribution in [2.75, 3.05) is 5.32 Å². The summed E-state index contributed by atoms with van der Waals surface area (Å²) in [7, 11) is 0. The number of rotatable bonds is 5. The number of nitrogens with zero attached hydrogens (tertiary/aromatic N) is 4. The number of halogens is 1. The predicted molar refractivity (Wildman–Crippen MR) is 124 cm³/mol. The van der Waals surface area contributed by atoms with Gasteiger partial charge in [0, 0.05) is 11.4 Å². The Morgan fingerprint density at radius 1 is 1.23 bits per heavy atom. The first-order chi connectivity index (χ1) is 15.1. The lowest BCUT2D eigenvalue weighted by Gasteiger charge is -2.18. The largest absolute Gasteiger partial charge is 0.360 e. The molecule has 0 bridgehead atoms. The Morgan fingerprint density at radius 3 is 2.90 bits per heavy atom. The van der Waals surface area contributed by atoms with E-state index < -0.39 is 0 Å². The van der Waals surface area contributed by atoms with Gasteiger partial charge in [-0.2, -0.15) is 0 Å². The number of fused-ring (bicyclic) bond motifs is 2. The van der Waals surface area contributed by atoms with Crippen molar-refractivity contribution >= 4 is 55.8 Å². The van der Waals surface area contributed by atoms with E-state index in [0.717, 1.165) is 47.1 Å². The van der Waals surface area contributed by atoms with Crippen LogP contribution in [0, 0.1) is 0 Å². The zero-order valence-corrected chi connectivity index (χ0v) is 18.5. The van der Waals surface area contributed by atoms with E-state index in [4.69, 9.17) is 16.6 Å². The van der Waals surface area contributed by atoms with E-state index in [1.807, 2.05) is 25.1 Å². The van der Waals surface area contributed by atoms with E-state index in [2.05, 4.69) is 25.6 Å². The topological polar surface area (TPSA) is 92.7 Å². The number of amides is 1. The van der Waals surface area contributed by atoms with Crippen molar-refractivity contribution in [3.8, 4) is 0 Å². The SMILES string of the molecule is CC(Nc1ncnc2scnc12)c1cc2cccc(Cl)c2c(C(=O)NC2CCCC2)n1. The number of aromatic nitrogens is 4. The average Bonchev–Trinajstić information content (AvgIpc) is 3.45. The highest BCUT2D eigenvalue weighted by atomic mass is 35.5. The van der Waals surface area contributed by atoms with Crippen LogP contribution in [0.3, 0.4) is 0 Å². The molecule has 1 atom stereocenters. The number of carbonyl (C=O) groups excluding carboxylic acids is 1. The van der Waals surface area contributed by atoms with Crippen molar-refractivity contribution in [1.29, 1.82) is 0 Å². The van der Waals surface area contributed by atoms with Crippen LogP contribution < -0.4 is 10.6 Å². The highest BCUT2D eigenvalue weighted by Crippen LogP contribution is 2.30. The Balaban J connectivity index is 1.52. The van der Waals surface area contributed by atoms with Gasteiger partial charge < -0.3 is 10.6 Å². The van der Waals surface area contributed by atoms with E-state index in [0.29, 0.717) is 21.9 Å². The van der Waals surface area contributed by atoms with E-state index >= 15 is 0 Å². The minimum Gasteiger partial charge on any atom is -0.360 e. The predicted octanol–water partition coefficient (Wildman–Crippen LogP) is 5.13. The Hall–Kier alpha value is -2.84. The number of nitrogens with one attached hydrogen (secondary N) is 2. The van der Waals surface area contributed by atoms with E-state index in [-0.39, 0.29) is 18.0 Å². The monoisotopic (exact) mass is 452 g/mol. The molecule has 31 heavy (non-hydrogen) atoms. The van der Waals surface area contributed by atoms with Crippen LogP contribution in [0.15, 0.2) is 36.1 Å². The fourth-order valence-electron chi connectivity index (χ4n) is 4.08. The summed E-state index contributed by atoms with van der Waals surface area (Å²) in [4.78, 5) is 31.7. The molecule has 9 heteroatoms. The number of pyridine rings is 1. The summed E-state index contributed by atoms with van der Waals surface area (Å²) in [6.45, 7) is 1.98. The van der Waals surface area contributed by atoms with Crippen molar-refractivity contribution in [2.45, 2.75) is 44.7 Å². The molecule has 5 rings (SSSR count). The second-order valence-electron chi connectivity index (χ2n) is 7.78. The lowest BCUT2D eigenvalue weighted by atomic mass is 10.0. The smallest absolute Gasteiger partial charge is 0.270 e. The van der Waals surface area contributed by atoms with Crippen LogP contribution in [0.1, 0.15) is 54.8 Å². The number of carbonyl (C=O) groups is 1. The van der Waals surface area contributed by atoms with Crippen molar-refractivity contribution in [1.82, 2.24) is 25.3 Å². The summed E-state index contributed by atoms with van der Waals surface area (Å²) in [5.41, 5.74) is 3.56. The van der Waals surface area contributed by atoms with Crippen LogP contribution in [0.5, 0.6) is 0 Å². The average molecular weight is 453 g/mol. The first-order valence-electron chi connectivity index (χ1n) is 10.3. The molecule has 3 heterocycles. The molecule has 0 aliphatic heterocycles. The van der Waals surface area contributed by atoms with Crippen LogP contribution in [-0.4, -0.2) is 31.9 Å². The molecule has 7 nitrogen and oxygen atoms in total. The normalized spacial score (nSPS) is 15.4. The Kier molecular flexibility index (Phi) is 5.41. The van der Waals surface area contributed by atoms with Gasteiger partial charge in [-0.15, -0.1) is 11.3 Å². The summed E-state index contributed by atoms with van der Waals surface area (Å²) < 4.78 is 0. The highest BCUT2D eigenvalue weighted by Gasteiger charge is 2.23. The molecule has 2 N–H and O–H groups in total. The fraction of sp³-hybridized carbons (Fsp3) is 0.318. The first kappa shape index (κ1) is 20.1. The molecule has 1 saturated carbocycles. The number of hydrogen-bond acceptors (Lipinski definition) is 7. The molecule has 0 saturated heterocycles. The maximum atomic E-state index is 13.2. The fourth-order valence-corrected chi connectivity index (χ4v) is 4.97. The van der Waals surface area contributed by atoms with E-state index in [1.165, 1.54) is 17.7 Å². The van der Waals surface area contributed by atoms with Gasteiger partial charge in [0.1, 0.15) is 22.4 Å². The Bertz CT molecular complexity index is 1270. The van der Waals surface area contributed by atoms with Crippen LogP contribution in [0.4, 0.5) is 5.82 Å². The molecule has 1 aliphatic carbocycles. The molecular weight excluding hydrogens is 432 g/mol. The molecule has 158 valence electrons. The van der Waals surface area contributed by atoms with Crippen LogP contribution >= 0.6 is 22.9 Å². The summed E-state index contributed by atoms with van der Waals surface area (Å²) in [5, 5.41) is 8.59. The third kappa shape index (κ3) is 3.93. The molecule has 0 radical (unpaired) electrons. The van der Waals surface area contributed by atoms with Gasteiger partial charge >= 0.3 is 0 Å². The lowest BCUT2D eigenvalue weighted by molar-refractivity contribution is 0.0934. The summed E-state index contributed by atoms with van der Waals surface area (Å²) in [6.07, 6.45) is 5.82. The first-order valence-corrected chi connectivity index (χ1v) is 11.6. The molecule has 0 spiro atoms. The maximum absolute atomic E-state index is 13.2. The third-order valence-electron chi connectivity index (χ3n) is 5.66. The Labute approximate surface area is 188 Å². The minimum atomic E-state index is -0.207. The molecule has 1 unspecified atom stereocenters. The van der Waals surface area contributed by atoms with Crippen molar-refractivity contribution < 1.29 is 4.79 Å². The van der Waals surface area contributed by atoms with Gasteiger partial charge in [-0.1, -0.05) is 36.6 Å². The van der Waals surface area contributed by atoms with Crippen LogP contribution in [0.25, 0.3) is 21.1 Å². The van der Waals surface area contributed by atoms with Gasteiger partial charge in [-0.3, -0.25) is 4.79 Å². The number of hydrogen-bond donors (Lipinski definition) is 2. The molecule has 1 aromatic carbocycles. The third-order valence-corrected chi connectivity index (χ3v) is 6.71. The van der Waals surface area contributed by atoms with Crippen molar-refractivity contribution in [3.05, 3.63) is 52.5 Å². The zero-order chi connectivity index (χ0) is 21.4. The van der Waals surface area contributed by atoms with Crippen LogP contribution in [-0.2, 0) is 0 Å². The minimum absolute atomic E-state index is 0.178. The summed E-state index contributed by atoms with van der Waals surface area (Å²) >= 11 is 7.94. The van der Waals surface area contributed by atoms with Crippen molar-refractivity contribution in [3.63, 3.8) is 0 Å². The zero-order valence-electron chi connectivity index (χ0n) is 16.9. The number of anilines is 1. The lowest BCUT2D eigenvalue weighted by Crippen LogP contribution is -2.33. The summed E-state index contributed by atoms with van der Waals surface area (Å²) in [6, 6.07) is 7.58. The van der Waals surface area contributed by atoms with E-state index in [1.54, 1.807) is 11.6 Å². The van der Waals surface area contributed by atoms with Gasteiger partial charge in [0.05, 0.1) is 22.3 Å². The summed E-state index contributed by atoms with van der Waals surface area (Å²) in [5.74, 6) is 0.465. The second kappa shape index (κ2) is 8.36. The van der Waals surface area contributed by atoms with E-state index in [9.17, 15) is 4.79 Å². The van der Waals surface area contributed by atoms with Gasteiger partial charge in [0.15, 0.2) is 5.82 Å². The maximum Gasteiger partial charge on any atom is 0.270 e. The van der Waals surface area contributed by atoms with Crippen molar-refractivity contribution in [2.24, 2.45) is 0 Å². The molecule has 1 fully saturated rings. The molecule has 1 aliphatic rings. The molecular formula is C22H21ClN6OS. The number of benzene rings is 1. The second-order valence-corrected chi connectivity index (χ2v) is 9.02. The molecule has 4 aromatic rings. The van der Waals surface area contributed by atoms with Gasteiger partial charge in [0.2, 0.25) is 0 Å². The van der Waals surface area contributed by atoms with Gasteiger partial charge in [-0.05, 0) is 37.3 Å². The number of thiazole rings is 1. The quantitative estimate of drug-likeness (QED) is 0.436. The molecule has 1 amide bonds. The van der Waals surface area contributed by atoms with Gasteiger partial charge in [-0.25, -0.2) is 19.9 Å². The van der Waals surface area contributed by atoms with Gasteiger partial charge in [0.25, 0.3) is 5.91 Å². The molecule has 3 aromatic heterocycles.